The van der Waals surface area contributed by atoms with E-state index in [1.165, 1.54) is 7.11 Å². The van der Waals surface area contributed by atoms with Crippen LogP contribution in [0.3, 0.4) is 0 Å². The van der Waals surface area contributed by atoms with Gasteiger partial charge < -0.3 is 14.4 Å². The first kappa shape index (κ1) is 17.4. The smallest absolute Gasteiger partial charge is 0.410 e. The number of nitrogens with zero attached hydrogens (tertiary/aromatic N) is 1. The molecule has 1 saturated heterocycles. The lowest BCUT2D eigenvalue weighted by molar-refractivity contribution is -0.147. The van der Waals surface area contributed by atoms with Crippen LogP contribution >= 0.6 is 0 Å². The number of ether oxygens (including phenoxy) is 2. The lowest BCUT2D eigenvalue weighted by atomic mass is 9.82. The highest BCUT2D eigenvalue weighted by Gasteiger charge is 2.33. The van der Waals surface area contributed by atoms with Crippen LogP contribution in [0, 0.1) is 24.2 Å². The Morgan fingerprint density at radius 3 is 2.33 bits per heavy atom. The van der Waals surface area contributed by atoms with E-state index in [-0.39, 0.29) is 23.9 Å². The van der Waals surface area contributed by atoms with Gasteiger partial charge in [-0.05, 0) is 39.5 Å². The van der Waals surface area contributed by atoms with Crippen molar-refractivity contribution in [3.05, 3.63) is 0 Å². The maximum atomic E-state index is 12.0. The first-order valence-electron chi connectivity index (χ1n) is 7.27. The Bertz CT molecular complexity index is 411. The summed E-state index contributed by atoms with van der Waals surface area (Å²) in [6.45, 7) is 6.70. The number of carbonyl (C=O) groups excluding carboxylic acids is 2. The summed E-state index contributed by atoms with van der Waals surface area (Å²) >= 11 is 0. The predicted molar refractivity (Wildman–Crippen MR) is 79.5 cm³/mol. The molecule has 0 aromatic carbocycles. The minimum absolute atomic E-state index is 0.159. The number of hydrogen-bond acceptors (Lipinski definition) is 4. The molecule has 1 amide bonds. The highest BCUT2D eigenvalue weighted by molar-refractivity contribution is 5.73. The maximum Gasteiger partial charge on any atom is 0.410 e. The summed E-state index contributed by atoms with van der Waals surface area (Å²) in [6.07, 6.45) is 6.88. The molecule has 0 radical (unpaired) electrons. The summed E-state index contributed by atoms with van der Waals surface area (Å²) in [5, 5.41) is 0. The van der Waals surface area contributed by atoms with Gasteiger partial charge in [0.25, 0.3) is 0 Å². The molecule has 0 saturated carbocycles. The van der Waals surface area contributed by atoms with E-state index >= 15 is 0 Å². The molecular formula is C16H25NO4. The Kier molecular flexibility index (Phi) is 6.07. The first-order chi connectivity index (χ1) is 9.78. The van der Waals surface area contributed by atoms with Gasteiger partial charge in [0.05, 0.1) is 13.0 Å². The molecular weight excluding hydrogens is 270 g/mol. The van der Waals surface area contributed by atoms with Gasteiger partial charge in [-0.25, -0.2) is 4.79 Å². The maximum absolute atomic E-state index is 12.0. The molecule has 118 valence electrons. The van der Waals surface area contributed by atoms with E-state index < -0.39 is 5.60 Å². The topological polar surface area (TPSA) is 55.8 Å². The lowest BCUT2D eigenvalue weighted by Gasteiger charge is -2.35. The van der Waals surface area contributed by atoms with Crippen LogP contribution in [0.25, 0.3) is 0 Å². The molecule has 0 spiro atoms. The summed E-state index contributed by atoms with van der Waals surface area (Å²) in [6, 6.07) is 0. The number of hydrogen-bond donors (Lipinski definition) is 0. The highest BCUT2D eigenvalue weighted by atomic mass is 16.6. The monoisotopic (exact) mass is 295 g/mol. The molecule has 0 aromatic rings. The Balaban J connectivity index is 2.56. The van der Waals surface area contributed by atoms with E-state index in [4.69, 9.17) is 15.9 Å². The molecule has 0 bridgehead atoms. The molecule has 21 heavy (non-hydrogen) atoms. The van der Waals surface area contributed by atoms with E-state index in [0.29, 0.717) is 19.5 Å². The molecule has 1 heterocycles. The summed E-state index contributed by atoms with van der Waals surface area (Å²) in [5.41, 5.74) is -0.494. The second-order valence-corrected chi connectivity index (χ2v) is 6.34. The van der Waals surface area contributed by atoms with Crippen LogP contribution in [-0.2, 0) is 14.3 Å². The molecule has 0 aromatic heterocycles. The zero-order valence-electron chi connectivity index (χ0n) is 13.3. The van der Waals surface area contributed by atoms with Gasteiger partial charge in [0.1, 0.15) is 5.60 Å². The number of piperidine rings is 1. The molecule has 1 unspecified atom stereocenters. The summed E-state index contributed by atoms with van der Waals surface area (Å²) in [4.78, 5) is 25.5. The average Bonchev–Trinajstić information content (AvgIpc) is 2.42. The third kappa shape index (κ3) is 5.30. The standard InChI is InChI=1S/C16H25NO4/c1-6-7-13(14(18)20-5)12-8-10-17(11-9-12)15(19)21-16(2,3)4/h1,12-13H,7-11H2,2-5H3. The van der Waals surface area contributed by atoms with E-state index in [2.05, 4.69) is 5.92 Å². The third-order valence-corrected chi connectivity index (χ3v) is 3.60. The molecule has 0 N–H and O–H groups in total. The Hall–Kier alpha value is -1.70. The van der Waals surface area contributed by atoms with Gasteiger partial charge in [-0.1, -0.05) is 0 Å². The fraction of sp³-hybridized carbons (Fsp3) is 0.750. The number of esters is 1. The first-order valence-corrected chi connectivity index (χ1v) is 7.27. The van der Waals surface area contributed by atoms with Crippen molar-refractivity contribution < 1.29 is 19.1 Å². The van der Waals surface area contributed by atoms with Gasteiger partial charge in [0, 0.05) is 19.5 Å². The molecule has 1 aliphatic rings. The quantitative estimate of drug-likeness (QED) is 0.593. The van der Waals surface area contributed by atoms with Gasteiger partial charge in [0.2, 0.25) is 0 Å². The SMILES string of the molecule is C#CCC(C(=O)OC)C1CCN(C(=O)OC(C)(C)C)CC1. The van der Waals surface area contributed by atoms with Crippen LogP contribution < -0.4 is 0 Å². The van der Waals surface area contributed by atoms with Crippen LogP contribution in [0.1, 0.15) is 40.0 Å². The van der Waals surface area contributed by atoms with Crippen molar-refractivity contribution in [1.82, 2.24) is 4.90 Å². The Labute approximate surface area is 127 Å². The zero-order valence-corrected chi connectivity index (χ0v) is 13.3. The van der Waals surface area contributed by atoms with Gasteiger partial charge in [-0.2, -0.15) is 0 Å². The minimum atomic E-state index is -0.494. The molecule has 1 aliphatic heterocycles. The van der Waals surface area contributed by atoms with E-state index in [0.717, 1.165) is 12.8 Å². The van der Waals surface area contributed by atoms with Crippen molar-refractivity contribution in [3.63, 3.8) is 0 Å². The van der Waals surface area contributed by atoms with E-state index in [1.807, 2.05) is 20.8 Å². The fourth-order valence-electron chi connectivity index (χ4n) is 2.53. The van der Waals surface area contributed by atoms with Crippen LogP contribution in [0.4, 0.5) is 4.79 Å². The molecule has 1 atom stereocenters. The number of methoxy groups -OCH3 is 1. The van der Waals surface area contributed by atoms with Crippen molar-refractivity contribution >= 4 is 12.1 Å². The highest BCUT2D eigenvalue weighted by Crippen LogP contribution is 2.28. The Morgan fingerprint density at radius 1 is 1.33 bits per heavy atom. The average molecular weight is 295 g/mol. The largest absolute Gasteiger partial charge is 0.469 e. The van der Waals surface area contributed by atoms with Crippen molar-refractivity contribution in [2.45, 2.75) is 45.6 Å². The molecule has 5 nitrogen and oxygen atoms in total. The van der Waals surface area contributed by atoms with Crippen LogP contribution in [0.5, 0.6) is 0 Å². The molecule has 1 fully saturated rings. The summed E-state index contributed by atoms with van der Waals surface area (Å²) < 4.78 is 10.2. The van der Waals surface area contributed by atoms with Gasteiger partial charge in [-0.15, -0.1) is 12.3 Å². The van der Waals surface area contributed by atoms with Crippen molar-refractivity contribution in [2.75, 3.05) is 20.2 Å². The van der Waals surface area contributed by atoms with Crippen LogP contribution in [0.15, 0.2) is 0 Å². The van der Waals surface area contributed by atoms with Crippen molar-refractivity contribution in [1.29, 1.82) is 0 Å². The number of rotatable bonds is 3. The van der Waals surface area contributed by atoms with Gasteiger partial charge in [0.15, 0.2) is 0 Å². The van der Waals surface area contributed by atoms with Gasteiger partial charge in [-0.3, -0.25) is 4.79 Å². The van der Waals surface area contributed by atoms with Gasteiger partial charge >= 0.3 is 12.1 Å². The number of amides is 1. The normalized spacial score (nSPS) is 17.8. The summed E-state index contributed by atoms with van der Waals surface area (Å²) in [7, 11) is 1.38. The fourth-order valence-corrected chi connectivity index (χ4v) is 2.53. The molecule has 1 rings (SSSR count). The third-order valence-electron chi connectivity index (χ3n) is 3.60. The van der Waals surface area contributed by atoms with Crippen LogP contribution in [-0.4, -0.2) is 42.8 Å². The van der Waals surface area contributed by atoms with Crippen molar-refractivity contribution in [3.8, 4) is 12.3 Å². The van der Waals surface area contributed by atoms with E-state index in [1.54, 1.807) is 4.90 Å². The summed E-state index contributed by atoms with van der Waals surface area (Å²) in [5.74, 6) is 2.16. The van der Waals surface area contributed by atoms with E-state index in [9.17, 15) is 9.59 Å². The van der Waals surface area contributed by atoms with Crippen LogP contribution in [0.2, 0.25) is 0 Å². The molecule has 0 aliphatic carbocycles. The minimum Gasteiger partial charge on any atom is -0.469 e. The van der Waals surface area contributed by atoms with Crippen molar-refractivity contribution in [2.24, 2.45) is 11.8 Å². The molecule has 5 heteroatoms. The second kappa shape index (κ2) is 7.35. The number of carbonyl (C=O) groups is 2. The zero-order chi connectivity index (χ0) is 16.0. The number of likely N-dealkylation sites (tertiary alicyclic amines) is 1. The predicted octanol–water partition coefficient (Wildman–Crippen LogP) is 2.45. The number of terminal acetylenes is 1. The Morgan fingerprint density at radius 2 is 1.90 bits per heavy atom. The lowest BCUT2D eigenvalue weighted by Crippen LogP contribution is -2.43. The second-order valence-electron chi connectivity index (χ2n) is 6.34.